The summed E-state index contributed by atoms with van der Waals surface area (Å²) in [7, 11) is 0. The molecule has 136 valence electrons. The molecule has 3 rings (SSSR count). The fourth-order valence-corrected chi connectivity index (χ4v) is 6.43. The van der Waals surface area contributed by atoms with Crippen molar-refractivity contribution < 1.29 is 0 Å². The molecule has 4 N–H and O–H groups in total. The van der Waals surface area contributed by atoms with Crippen LogP contribution in [-0.2, 0) is 0 Å². The summed E-state index contributed by atoms with van der Waals surface area (Å²) >= 11 is 0. The van der Waals surface area contributed by atoms with Crippen LogP contribution < -0.4 is 11.5 Å². The third kappa shape index (κ3) is 2.80. The molecule has 2 nitrogen and oxygen atoms in total. The van der Waals surface area contributed by atoms with Crippen molar-refractivity contribution in [3.8, 4) is 0 Å². The Kier molecular flexibility index (Phi) is 5.01. The van der Waals surface area contributed by atoms with Gasteiger partial charge in [0.05, 0.1) is 0 Å². The van der Waals surface area contributed by atoms with Gasteiger partial charge in [0.1, 0.15) is 0 Å². The number of fused-ring (bicyclic) bond motifs is 3. The van der Waals surface area contributed by atoms with Crippen LogP contribution in [0.4, 0.5) is 0 Å². The Bertz CT molecular complexity index is 532. The standard InChI is InChI=1S/C22H38N2/c1-15(2)18-12-17-6-7-20-21(3,14-24)9-5-10-22(20,4)19(17)13-16(18)8-11-23/h6,12,15-16,19-20H,5,7-11,13-14,23-24H2,1-4H3/t16-,19+,20+,21+,22+/m0/s1. The molecular weight excluding hydrogens is 292 g/mol. The minimum Gasteiger partial charge on any atom is -0.330 e. The molecule has 0 aliphatic heterocycles. The van der Waals surface area contributed by atoms with Crippen LogP contribution in [0.5, 0.6) is 0 Å². The maximum atomic E-state index is 6.26. The predicted molar refractivity (Wildman–Crippen MR) is 103 cm³/mol. The van der Waals surface area contributed by atoms with Gasteiger partial charge in [-0.25, -0.2) is 0 Å². The van der Waals surface area contributed by atoms with Gasteiger partial charge in [0.25, 0.3) is 0 Å². The summed E-state index contributed by atoms with van der Waals surface area (Å²) in [5.41, 5.74) is 16.2. The smallest absolute Gasteiger partial charge is 0.00202 e. The maximum absolute atomic E-state index is 6.26. The number of nitrogens with two attached hydrogens (primary N) is 2. The van der Waals surface area contributed by atoms with E-state index in [1.165, 1.54) is 32.1 Å². The molecule has 24 heavy (non-hydrogen) atoms. The van der Waals surface area contributed by atoms with E-state index in [-0.39, 0.29) is 0 Å². The Labute approximate surface area is 149 Å². The molecule has 1 saturated carbocycles. The van der Waals surface area contributed by atoms with E-state index in [0.29, 0.717) is 28.6 Å². The van der Waals surface area contributed by atoms with Crippen LogP contribution in [0.1, 0.15) is 66.2 Å². The van der Waals surface area contributed by atoms with Crippen molar-refractivity contribution in [2.24, 2.45) is 46.0 Å². The van der Waals surface area contributed by atoms with Crippen LogP contribution >= 0.6 is 0 Å². The first kappa shape index (κ1) is 18.2. The molecule has 0 amide bonds. The molecule has 0 aromatic carbocycles. The van der Waals surface area contributed by atoms with Gasteiger partial charge < -0.3 is 11.5 Å². The van der Waals surface area contributed by atoms with Gasteiger partial charge in [-0.2, -0.15) is 0 Å². The van der Waals surface area contributed by atoms with Gasteiger partial charge in [0, 0.05) is 0 Å². The summed E-state index contributed by atoms with van der Waals surface area (Å²) in [6.45, 7) is 11.4. The molecule has 2 heteroatoms. The maximum Gasteiger partial charge on any atom is -0.00202 e. The number of hydrogen-bond donors (Lipinski definition) is 2. The summed E-state index contributed by atoms with van der Waals surface area (Å²) in [6, 6.07) is 0. The van der Waals surface area contributed by atoms with Crippen molar-refractivity contribution >= 4 is 0 Å². The van der Waals surface area contributed by atoms with Crippen LogP contribution in [0.2, 0.25) is 0 Å². The molecule has 0 bridgehead atoms. The molecule has 5 atom stereocenters. The van der Waals surface area contributed by atoms with Crippen LogP contribution in [-0.4, -0.2) is 13.1 Å². The third-order valence-electron chi connectivity index (χ3n) is 7.86. The first-order chi connectivity index (χ1) is 11.4. The van der Waals surface area contributed by atoms with Gasteiger partial charge in [0.15, 0.2) is 0 Å². The molecule has 1 fully saturated rings. The van der Waals surface area contributed by atoms with Gasteiger partial charge in [-0.1, -0.05) is 51.8 Å². The Morgan fingerprint density at radius 2 is 1.96 bits per heavy atom. The molecular formula is C22H38N2. The first-order valence-electron chi connectivity index (χ1n) is 10.2. The molecule has 0 radical (unpaired) electrons. The summed E-state index contributed by atoms with van der Waals surface area (Å²) < 4.78 is 0. The average molecular weight is 331 g/mol. The van der Waals surface area contributed by atoms with E-state index >= 15 is 0 Å². The van der Waals surface area contributed by atoms with Crippen LogP contribution in [0.25, 0.3) is 0 Å². The molecule has 0 unspecified atom stereocenters. The third-order valence-corrected chi connectivity index (χ3v) is 7.86. The Balaban J connectivity index is 1.99. The SMILES string of the molecule is CC(C)C1=CC2=CC[C@@H]3[C@@](C)(CN)CCC[C@]3(C)[C@@H]2C[C@@H]1CCN. The lowest BCUT2D eigenvalue weighted by Gasteiger charge is -2.59. The Hall–Kier alpha value is -0.600. The lowest BCUT2D eigenvalue weighted by Crippen LogP contribution is -2.53. The topological polar surface area (TPSA) is 52.0 Å². The molecule has 0 spiro atoms. The highest BCUT2D eigenvalue weighted by Crippen LogP contribution is 2.62. The van der Waals surface area contributed by atoms with Crippen LogP contribution in [0, 0.1) is 34.5 Å². The van der Waals surface area contributed by atoms with Crippen molar-refractivity contribution in [2.75, 3.05) is 13.1 Å². The van der Waals surface area contributed by atoms with Gasteiger partial charge >= 0.3 is 0 Å². The number of hydrogen-bond acceptors (Lipinski definition) is 2. The minimum atomic E-state index is 0.320. The number of allylic oxidation sites excluding steroid dienone is 4. The van der Waals surface area contributed by atoms with Crippen molar-refractivity contribution in [3.05, 3.63) is 23.3 Å². The van der Waals surface area contributed by atoms with Crippen molar-refractivity contribution in [2.45, 2.75) is 66.2 Å². The molecule has 0 saturated heterocycles. The Morgan fingerprint density at radius 1 is 1.21 bits per heavy atom. The fraction of sp³-hybridized carbons (Fsp3) is 0.818. The van der Waals surface area contributed by atoms with Gasteiger partial charge in [-0.05, 0) is 85.3 Å². The zero-order valence-corrected chi connectivity index (χ0v) is 16.3. The van der Waals surface area contributed by atoms with Crippen molar-refractivity contribution in [1.82, 2.24) is 0 Å². The minimum absolute atomic E-state index is 0.320. The summed E-state index contributed by atoms with van der Waals surface area (Å²) in [5, 5.41) is 0. The predicted octanol–water partition coefficient (Wildman–Crippen LogP) is 4.66. The zero-order valence-electron chi connectivity index (χ0n) is 16.3. The highest BCUT2D eigenvalue weighted by Gasteiger charge is 2.54. The van der Waals surface area contributed by atoms with E-state index in [1.807, 2.05) is 0 Å². The Morgan fingerprint density at radius 3 is 2.58 bits per heavy atom. The van der Waals surface area contributed by atoms with E-state index in [0.717, 1.165) is 25.4 Å². The zero-order chi connectivity index (χ0) is 17.5. The number of rotatable bonds is 4. The van der Waals surface area contributed by atoms with E-state index in [9.17, 15) is 0 Å². The van der Waals surface area contributed by atoms with E-state index < -0.39 is 0 Å². The van der Waals surface area contributed by atoms with Gasteiger partial charge in [-0.3, -0.25) is 0 Å². The highest BCUT2D eigenvalue weighted by atomic mass is 14.7. The normalized spacial score (nSPS) is 42.2. The van der Waals surface area contributed by atoms with E-state index in [2.05, 4.69) is 39.8 Å². The van der Waals surface area contributed by atoms with E-state index in [1.54, 1.807) is 11.1 Å². The second-order valence-corrected chi connectivity index (χ2v) is 9.57. The van der Waals surface area contributed by atoms with Crippen molar-refractivity contribution in [3.63, 3.8) is 0 Å². The quantitative estimate of drug-likeness (QED) is 0.788. The van der Waals surface area contributed by atoms with Gasteiger partial charge in [0.2, 0.25) is 0 Å². The second kappa shape index (κ2) is 6.61. The largest absolute Gasteiger partial charge is 0.330 e. The molecule has 0 aromatic heterocycles. The summed E-state index contributed by atoms with van der Waals surface area (Å²) in [4.78, 5) is 0. The van der Waals surface area contributed by atoms with Crippen LogP contribution in [0.15, 0.2) is 23.3 Å². The molecule has 0 aromatic rings. The average Bonchev–Trinajstić information content (AvgIpc) is 2.54. The lowest BCUT2D eigenvalue weighted by atomic mass is 9.46. The highest BCUT2D eigenvalue weighted by molar-refractivity contribution is 5.36. The lowest BCUT2D eigenvalue weighted by molar-refractivity contribution is -0.0474. The van der Waals surface area contributed by atoms with E-state index in [4.69, 9.17) is 11.5 Å². The molecule has 3 aliphatic carbocycles. The fourth-order valence-electron chi connectivity index (χ4n) is 6.43. The van der Waals surface area contributed by atoms with Crippen LogP contribution in [0.3, 0.4) is 0 Å². The monoisotopic (exact) mass is 330 g/mol. The summed E-state index contributed by atoms with van der Waals surface area (Å²) in [5.74, 6) is 2.76. The summed E-state index contributed by atoms with van der Waals surface area (Å²) in [6.07, 6.45) is 12.8. The molecule has 3 aliphatic rings. The molecule has 0 heterocycles. The van der Waals surface area contributed by atoms with Crippen molar-refractivity contribution in [1.29, 1.82) is 0 Å². The second-order valence-electron chi connectivity index (χ2n) is 9.57. The first-order valence-corrected chi connectivity index (χ1v) is 10.2. The van der Waals surface area contributed by atoms with Gasteiger partial charge in [-0.15, -0.1) is 0 Å².